The van der Waals surface area contributed by atoms with Gasteiger partial charge in [-0.25, -0.2) is 8.78 Å². The predicted molar refractivity (Wildman–Crippen MR) is 60.3 cm³/mol. The van der Waals surface area contributed by atoms with Gasteiger partial charge in [-0.3, -0.25) is 4.79 Å². The van der Waals surface area contributed by atoms with E-state index in [1.165, 1.54) is 6.07 Å². The van der Waals surface area contributed by atoms with Gasteiger partial charge in [-0.15, -0.1) is 0 Å². The number of nitrogens with one attached hydrogen (secondary N) is 1. The van der Waals surface area contributed by atoms with Crippen LogP contribution in [0.2, 0.25) is 0 Å². The van der Waals surface area contributed by atoms with Gasteiger partial charge in [-0.05, 0) is 18.2 Å². The lowest BCUT2D eigenvalue weighted by atomic mass is 10.1. The number of carbonyl (C=O) groups excluding carboxylic acids is 1. The zero-order valence-corrected chi connectivity index (χ0v) is 9.53. The molecule has 0 unspecified atom stereocenters. The van der Waals surface area contributed by atoms with Crippen LogP contribution in [0.5, 0.6) is 0 Å². The van der Waals surface area contributed by atoms with E-state index in [0.29, 0.717) is 11.1 Å². The number of halogens is 2. The van der Waals surface area contributed by atoms with Crippen LogP contribution in [0.1, 0.15) is 15.9 Å². The molecule has 0 aliphatic carbocycles. The van der Waals surface area contributed by atoms with Crippen molar-refractivity contribution in [2.45, 2.75) is 6.43 Å². The molecule has 1 rings (SSSR count). The molecule has 0 atom stereocenters. The van der Waals surface area contributed by atoms with E-state index in [1.54, 1.807) is 18.2 Å². The van der Waals surface area contributed by atoms with Gasteiger partial charge in [0, 0.05) is 12.1 Å². The van der Waals surface area contributed by atoms with Crippen molar-refractivity contribution in [3.05, 3.63) is 35.4 Å². The maximum atomic E-state index is 11.7. The molecule has 96 valence electrons. The summed E-state index contributed by atoms with van der Waals surface area (Å²) in [5.74, 6) is -0.368. The van der Waals surface area contributed by atoms with E-state index in [0.717, 1.165) is 0 Å². The van der Waals surface area contributed by atoms with Crippen LogP contribution >= 0.6 is 0 Å². The first-order chi connectivity index (χ1) is 8.63. The summed E-state index contributed by atoms with van der Waals surface area (Å²) < 4.78 is 28.1. The Bertz CT molecular complexity index is 444. The van der Waals surface area contributed by atoms with E-state index in [9.17, 15) is 13.6 Å². The van der Waals surface area contributed by atoms with Gasteiger partial charge < -0.3 is 10.1 Å². The first kappa shape index (κ1) is 14.1. The summed E-state index contributed by atoms with van der Waals surface area (Å²) in [6.07, 6.45) is -2.51. The van der Waals surface area contributed by atoms with Crippen molar-refractivity contribution in [1.29, 1.82) is 5.26 Å². The monoisotopic (exact) mass is 254 g/mol. The van der Waals surface area contributed by atoms with Gasteiger partial charge in [-0.1, -0.05) is 6.07 Å². The SMILES string of the molecule is N#Cc1cccc(C(=O)NCCOCC(F)F)c1. The summed E-state index contributed by atoms with van der Waals surface area (Å²) in [4.78, 5) is 11.6. The Morgan fingerprint density at radius 1 is 1.50 bits per heavy atom. The number of carbonyl (C=O) groups is 1. The number of alkyl halides is 2. The molecule has 4 nitrogen and oxygen atoms in total. The number of amides is 1. The van der Waals surface area contributed by atoms with Crippen molar-refractivity contribution < 1.29 is 18.3 Å². The molecule has 1 amide bonds. The highest BCUT2D eigenvalue weighted by Gasteiger charge is 2.06. The molecule has 1 aromatic carbocycles. The van der Waals surface area contributed by atoms with Gasteiger partial charge in [0.15, 0.2) is 0 Å². The lowest BCUT2D eigenvalue weighted by Crippen LogP contribution is -2.27. The Labute approximate surface area is 103 Å². The summed E-state index contributed by atoms with van der Waals surface area (Å²) in [5.41, 5.74) is 0.736. The molecule has 0 fully saturated rings. The second-order valence-electron chi connectivity index (χ2n) is 3.41. The Hall–Kier alpha value is -2.00. The van der Waals surface area contributed by atoms with Crippen LogP contribution in [-0.4, -0.2) is 32.1 Å². The molecule has 0 spiro atoms. The van der Waals surface area contributed by atoms with E-state index in [2.05, 4.69) is 10.1 Å². The van der Waals surface area contributed by atoms with Gasteiger partial charge >= 0.3 is 0 Å². The van der Waals surface area contributed by atoms with Crippen molar-refractivity contribution in [3.8, 4) is 6.07 Å². The van der Waals surface area contributed by atoms with E-state index in [-0.39, 0.29) is 19.1 Å². The molecule has 0 radical (unpaired) electrons. The topological polar surface area (TPSA) is 62.1 Å². The molecule has 0 saturated carbocycles. The first-order valence-corrected chi connectivity index (χ1v) is 5.27. The molecule has 0 aromatic heterocycles. The number of benzene rings is 1. The van der Waals surface area contributed by atoms with Crippen LogP contribution in [0.25, 0.3) is 0 Å². The molecule has 0 saturated heterocycles. The predicted octanol–water partition coefficient (Wildman–Crippen LogP) is 1.57. The van der Waals surface area contributed by atoms with Crippen LogP contribution in [0, 0.1) is 11.3 Å². The average Bonchev–Trinajstić information content (AvgIpc) is 2.37. The van der Waals surface area contributed by atoms with Gasteiger partial charge in [0.25, 0.3) is 12.3 Å². The maximum absolute atomic E-state index is 11.7. The standard InChI is InChI=1S/C12H12F2N2O2/c13-11(14)8-18-5-4-16-12(17)10-3-1-2-9(6-10)7-15/h1-3,6,11H,4-5,8H2,(H,16,17). The quantitative estimate of drug-likeness (QED) is 0.784. The summed E-state index contributed by atoms with van der Waals surface area (Å²) >= 11 is 0. The van der Waals surface area contributed by atoms with E-state index in [1.807, 2.05) is 6.07 Å². The Morgan fingerprint density at radius 3 is 2.94 bits per heavy atom. The molecule has 1 aromatic rings. The van der Waals surface area contributed by atoms with Crippen LogP contribution in [-0.2, 0) is 4.74 Å². The molecule has 1 N–H and O–H groups in total. The molecular weight excluding hydrogens is 242 g/mol. The second-order valence-corrected chi connectivity index (χ2v) is 3.41. The molecule has 6 heteroatoms. The number of nitrogens with zero attached hydrogens (tertiary/aromatic N) is 1. The Kier molecular flexibility index (Phi) is 5.74. The van der Waals surface area contributed by atoms with E-state index >= 15 is 0 Å². The lowest BCUT2D eigenvalue weighted by molar-refractivity contribution is 0.0188. The Balaban J connectivity index is 2.34. The molecule has 0 bridgehead atoms. The van der Waals surface area contributed by atoms with Crippen molar-refractivity contribution >= 4 is 5.91 Å². The minimum atomic E-state index is -2.51. The fraction of sp³-hybridized carbons (Fsp3) is 0.333. The third-order valence-electron chi connectivity index (χ3n) is 2.03. The fourth-order valence-electron chi connectivity index (χ4n) is 1.24. The fourth-order valence-corrected chi connectivity index (χ4v) is 1.24. The molecular formula is C12H12F2N2O2. The minimum absolute atomic E-state index is 0.0218. The normalized spacial score (nSPS) is 10.1. The summed E-state index contributed by atoms with van der Waals surface area (Å²) in [7, 11) is 0. The zero-order valence-electron chi connectivity index (χ0n) is 9.53. The van der Waals surface area contributed by atoms with Crippen LogP contribution in [0.3, 0.4) is 0 Å². The first-order valence-electron chi connectivity index (χ1n) is 5.27. The van der Waals surface area contributed by atoms with Crippen LogP contribution < -0.4 is 5.32 Å². The third kappa shape index (κ3) is 4.89. The van der Waals surface area contributed by atoms with Gasteiger partial charge in [0.2, 0.25) is 0 Å². The Morgan fingerprint density at radius 2 is 2.28 bits per heavy atom. The maximum Gasteiger partial charge on any atom is 0.261 e. The molecule has 0 aliphatic rings. The number of hydrogen-bond donors (Lipinski definition) is 1. The molecule has 18 heavy (non-hydrogen) atoms. The van der Waals surface area contributed by atoms with E-state index in [4.69, 9.17) is 5.26 Å². The van der Waals surface area contributed by atoms with Crippen LogP contribution in [0.15, 0.2) is 24.3 Å². The van der Waals surface area contributed by atoms with Crippen LogP contribution in [0.4, 0.5) is 8.78 Å². The number of rotatable bonds is 6. The highest BCUT2D eigenvalue weighted by Crippen LogP contribution is 2.03. The summed E-state index contributed by atoms with van der Waals surface area (Å²) in [6, 6.07) is 8.13. The number of nitriles is 1. The van der Waals surface area contributed by atoms with E-state index < -0.39 is 13.0 Å². The second kappa shape index (κ2) is 7.35. The highest BCUT2D eigenvalue weighted by molar-refractivity contribution is 5.94. The van der Waals surface area contributed by atoms with Crippen molar-refractivity contribution in [2.24, 2.45) is 0 Å². The largest absolute Gasteiger partial charge is 0.374 e. The zero-order chi connectivity index (χ0) is 13.4. The van der Waals surface area contributed by atoms with Crippen molar-refractivity contribution in [2.75, 3.05) is 19.8 Å². The smallest absolute Gasteiger partial charge is 0.261 e. The minimum Gasteiger partial charge on any atom is -0.374 e. The van der Waals surface area contributed by atoms with Gasteiger partial charge in [0.05, 0.1) is 18.2 Å². The lowest BCUT2D eigenvalue weighted by Gasteiger charge is -2.06. The van der Waals surface area contributed by atoms with Crippen molar-refractivity contribution in [1.82, 2.24) is 5.32 Å². The van der Waals surface area contributed by atoms with Gasteiger partial charge in [-0.2, -0.15) is 5.26 Å². The highest BCUT2D eigenvalue weighted by atomic mass is 19.3. The van der Waals surface area contributed by atoms with Crippen molar-refractivity contribution in [3.63, 3.8) is 0 Å². The molecule has 0 aliphatic heterocycles. The third-order valence-corrected chi connectivity index (χ3v) is 2.03. The van der Waals surface area contributed by atoms with Gasteiger partial charge in [0.1, 0.15) is 6.61 Å². The average molecular weight is 254 g/mol. The summed E-state index contributed by atoms with van der Waals surface area (Å²) in [5, 5.41) is 11.2. The number of hydrogen-bond acceptors (Lipinski definition) is 3. The molecule has 0 heterocycles. The number of ether oxygens (including phenoxy) is 1. The summed E-state index contributed by atoms with van der Waals surface area (Å²) in [6.45, 7) is -0.476.